The van der Waals surface area contributed by atoms with Gasteiger partial charge in [-0.05, 0) is 24.6 Å². The van der Waals surface area contributed by atoms with Gasteiger partial charge in [0.2, 0.25) is 0 Å². The van der Waals surface area contributed by atoms with Crippen LogP contribution < -0.4 is 5.32 Å². The highest BCUT2D eigenvalue weighted by Gasteiger charge is 2.03. The highest BCUT2D eigenvalue weighted by atomic mass is 79.9. The number of aromatic nitrogens is 2. The topological polar surface area (TPSA) is 37.8 Å². The molecule has 0 aliphatic carbocycles. The Kier molecular flexibility index (Phi) is 3.41. The van der Waals surface area contributed by atoms with Crippen LogP contribution in [0.3, 0.4) is 0 Å². The van der Waals surface area contributed by atoms with Gasteiger partial charge in [0.1, 0.15) is 17.3 Å². The van der Waals surface area contributed by atoms with Crippen LogP contribution in [0.25, 0.3) is 0 Å². The number of anilines is 2. The molecule has 0 saturated carbocycles. The third kappa shape index (κ3) is 2.51. The molecule has 5 heteroatoms. The summed E-state index contributed by atoms with van der Waals surface area (Å²) in [5.74, 6) is 0.682. The Balaban J connectivity index is 2.31. The molecule has 1 aromatic heterocycles. The Bertz CT molecular complexity index is 516. The number of rotatable bonds is 2. The van der Waals surface area contributed by atoms with Crippen molar-refractivity contribution in [3.05, 3.63) is 45.8 Å². The van der Waals surface area contributed by atoms with Crippen LogP contribution in [0, 0.1) is 6.92 Å². The van der Waals surface area contributed by atoms with E-state index >= 15 is 0 Å². The van der Waals surface area contributed by atoms with Crippen LogP contribution in [0.4, 0.5) is 11.5 Å². The fourth-order valence-electron chi connectivity index (χ4n) is 1.28. The van der Waals surface area contributed by atoms with Crippen molar-refractivity contribution in [1.82, 2.24) is 9.97 Å². The maximum atomic E-state index is 5.78. The number of nitrogens with one attached hydrogen (secondary N) is 1. The number of nitrogens with zero attached hydrogens (tertiary/aromatic N) is 2. The van der Waals surface area contributed by atoms with Gasteiger partial charge in [-0.2, -0.15) is 0 Å². The minimum atomic E-state index is 0.421. The second-order valence-corrected chi connectivity index (χ2v) is 4.50. The highest BCUT2D eigenvalue weighted by molar-refractivity contribution is 9.10. The Labute approximate surface area is 107 Å². The van der Waals surface area contributed by atoms with Crippen LogP contribution in [0.2, 0.25) is 5.15 Å². The monoisotopic (exact) mass is 297 g/mol. The van der Waals surface area contributed by atoms with Crippen molar-refractivity contribution >= 4 is 39.0 Å². The first-order valence-electron chi connectivity index (χ1n) is 4.66. The molecule has 0 bridgehead atoms. The zero-order valence-corrected chi connectivity index (χ0v) is 10.9. The van der Waals surface area contributed by atoms with E-state index in [-0.39, 0.29) is 0 Å². The van der Waals surface area contributed by atoms with E-state index in [1.54, 1.807) is 6.07 Å². The SMILES string of the molecule is Cc1c(Br)cccc1Nc1cc(Cl)ncn1. The summed E-state index contributed by atoms with van der Waals surface area (Å²) in [7, 11) is 0. The lowest BCUT2D eigenvalue weighted by molar-refractivity contribution is 1.16. The molecular weight excluding hydrogens is 289 g/mol. The Morgan fingerprint density at radius 3 is 2.88 bits per heavy atom. The van der Waals surface area contributed by atoms with Crippen LogP contribution in [0.15, 0.2) is 35.1 Å². The van der Waals surface area contributed by atoms with Crippen molar-refractivity contribution in [2.24, 2.45) is 0 Å². The van der Waals surface area contributed by atoms with E-state index in [1.165, 1.54) is 6.33 Å². The number of benzene rings is 1. The average Bonchev–Trinajstić information content (AvgIpc) is 2.25. The third-order valence-corrected chi connectivity index (χ3v) is 3.23. The normalized spacial score (nSPS) is 10.2. The summed E-state index contributed by atoms with van der Waals surface area (Å²) in [5, 5.41) is 3.61. The first-order valence-corrected chi connectivity index (χ1v) is 5.83. The van der Waals surface area contributed by atoms with E-state index in [0.29, 0.717) is 11.0 Å². The molecule has 0 spiro atoms. The molecular formula is C11H9BrClN3. The lowest BCUT2D eigenvalue weighted by Gasteiger charge is -2.09. The summed E-state index contributed by atoms with van der Waals surface area (Å²) in [4.78, 5) is 7.91. The molecule has 1 N–H and O–H groups in total. The van der Waals surface area contributed by atoms with E-state index in [9.17, 15) is 0 Å². The summed E-state index contributed by atoms with van der Waals surface area (Å²) in [6.07, 6.45) is 1.43. The maximum absolute atomic E-state index is 5.78. The van der Waals surface area contributed by atoms with Crippen LogP contribution >= 0.6 is 27.5 Å². The lowest BCUT2D eigenvalue weighted by Crippen LogP contribution is -1.96. The standard InChI is InChI=1S/C11H9BrClN3/c1-7-8(12)3-2-4-9(7)16-11-5-10(13)14-6-15-11/h2-6H,1H3,(H,14,15,16). The first kappa shape index (κ1) is 11.4. The van der Waals surface area contributed by atoms with Gasteiger partial charge in [0.05, 0.1) is 0 Å². The molecule has 1 aromatic carbocycles. The van der Waals surface area contributed by atoms with E-state index in [1.807, 2.05) is 25.1 Å². The van der Waals surface area contributed by atoms with E-state index in [0.717, 1.165) is 15.7 Å². The van der Waals surface area contributed by atoms with Gasteiger partial charge in [-0.1, -0.05) is 33.6 Å². The van der Waals surface area contributed by atoms with Crippen molar-refractivity contribution in [1.29, 1.82) is 0 Å². The minimum Gasteiger partial charge on any atom is -0.340 e. The fraction of sp³-hybridized carbons (Fsp3) is 0.0909. The van der Waals surface area contributed by atoms with Gasteiger partial charge in [-0.15, -0.1) is 0 Å². The Morgan fingerprint density at radius 2 is 2.12 bits per heavy atom. The number of halogens is 2. The van der Waals surface area contributed by atoms with Gasteiger partial charge >= 0.3 is 0 Å². The van der Waals surface area contributed by atoms with Gasteiger partial charge in [-0.3, -0.25) is 0 Å². The van der Waals surface area contributed by atoms with Crippen LogP contribution in [0.1, 0.15) is 5.56 Å². The zero-order chi connectivity index (χ0) is 11.5. The number of hydrogen-bond acceptors (Lipinski definition) is 3. The van der Waals surface area contributed by atoms with Gasteiger partial charge in [0.25, 0.3) is 0 Å². The molecule has 0 fully saturated rings. The Hall–Kier alpha value is -1.13. The van der Waals surface area contributed by atoms with Crippen molar-refractivity contribution in [2.45, 2.75) is 6.92 Å². The fourth-order valence-corrected chi connectivity index (χ4v) is 1.80. The van der Waals surface area contributed by atoms with E-state index < -0.39 is 0 Å². The summed E-state index contributed by atoms with van der Waals surface area (Å²) < 4.78 is 1.05. The first-order chi connectivity index (χ1) is 7.66. The van der Waals surface area contributed by atoms with Crippen molar-refractivity contribution in [2.75, 3.05) is 5.32 Å². The minimum absolute atomic E-state index is 0.421. The summed E-state index contributed by atoms with van der Waals surface area (Å²) in [6, 6.07) is 7.62. The molecule has 0 radical (unpaired) electrons. The largest absolute Gasteiger partial charge is 0.340 e. The summed E-state index contributed by atoms with van der Waals surface area (Å²) >= 11 is 9.26. The quantitative estimate of drug-likeness (QED) is 0.853. The molecule has 2 rings (SSSR count). The predicted molar refractivity (Wildman–Crippen MR) is 69.2 cm³/mol. The zero-order valence-electron chi connectivity index (χ0n) is 8.54. The molecule has 0 amide bonds. The van der Waals surface area contributed by atoms with Gasteiger partial charge in [0.15, 0.2) is 0 Å². The van der Waals surface area contributed by atoms with Crippen molar-refractivity contribution < 1.29 is 0 Å². The maximum Gasteiger partial charge on any atom is 0.135 e. The second-order valence-electron chi connectivity index (χ2n) is 3.26. The molecule has 1 heterocycles. The van der Waals surface area contributed by atoms with Crippen LogP contribution in [-0.4, -0.2) is 9.97 Å². The highest BCUT2D eigenvalue weighted by Crippen LogP contribution is 2.26. The summed E-state index contributed by atoms with van der Waals surface area (Å²) in [6.45, 7) is 2.02. The Morgan fingerprint density at radius 1 is 1.31 bits per heavy atom. The molecule has 2 aromatic rings. The van der Waals surface area contributed by atoms with Crippen molar-refractivity contribution in [3.63, 3.8) is 0 Å². The van der Waals surface area contributed by atoms with Gasteiger partial charge < -0.3 is 5.32 Å². The molecule has 82 valence electrons. The lowest BCUT2D eigenvalue weighted by atomic mass is 10.2. The molecule has 0 aliphatic heterocycles. The third-order valence-electron chi connectivity index (χ3n) is 2.16. The van der Waals surface area contributed by atoms with E-state index in [4.69, 9.17) is 11.6 Å². The van der Waals surface area contributed by atoms with E-state index in [2.05, 4.69) is 31.2 Å². The average molecular weight is 299 g/mol. The molecule has 0 atom stereocenters. The second kappa shape index (κ2) is 4.80. The predicted octanol–water partition coefficient (Wildman–Crippen LogP) is 3.94. The molecule has 0 unspecified atom stereocenters. The van der Waals surface area contributed by atoms with Crippen molar-refractivity contribution in [3.8, 4) is 0 Å². The van der Waals surface area contributed by atoms with Crippen LogP contribution in [-0.2, 0) is 0 Å². The van der Waals surface area contributed by atoms with Gasteiger partial charge in [-0.25, -0.2) is 9.97 Å². The van der Waals surface area contributed by atoms with Gasteiger partial charge in [0, 0.05) is 16.2 Å². The molecule has 3 nitrogen and oxygen atoms in total. The molecule has 0 aliphatic rings. The molecule has 16 heavy (non-hydrogen) atoms. The smallest absolute Gasteiger partial charge is 0.135 e. The van der Waals surface area contributed by atoms with Crippen LogP contribution in [0.5, 0.6) is 0 Å². The molecule has 0 saturated heterocycles. The number of hydrogen-bond donors (Lipinski definition) is 1. The summed E-state index contributed by atoms with van der Waals surface area (Å²) in [5.41, 5.74) is 2.11.